The number of esters is 1. The molecule has 1 aliphatic rings. The molecule has 1 atom stereocenters. The second-order valence-electron chi connectivity index (χ2n) is 3.19. The highest BCUT2D eigenvalue weighted by molar-refractivity contribution is 8.01. The Kier molecular flexibility index (Phi) is 3.57. The first-order valence-electron chi connectivity index (χ1n) is 4.33. The summed E-state index contributed by atoms with van der Waals surface area (Å²) in [7, 11) is 1.43. The van der Waals surface area contributed by atoms with Crippen molar-refractivity contribution in [2.45, 2.75) is 12.0 Å². The number of ether oxygens (including phenoxy) is 1. The van der Waals surface area contributed by atoms with E-state index in [1.54, 1.807) is 13.1 Å². The van der Waals surface area contributed by atoms with Crippen molar-refractivity contribution in [2.75, 3.05) is 19.3 Å². The first kappa shape index (κ1) is 11.8. The summed E-state index contributed by atoms with van der Waals surface area (Å²) < 4.78 is 5.10. The van der Waals surface area contributed by atoms with Gasteiger partial charge in [-0.25, -0.2) is 9.79 Å². The molecule has 15 heavy (non-hydrogen) atoms. The number of thioether (sulfide) groups is 1. The molecule has 0 radical (unpaired) electrons. The van der Waals surface area contributed by atoms with Crippen LogP contribution in [0.5, 0.6) is 0 Å². The number of carbonyl (C=O) groups excluding carboxylic acids is 2. The maximum atomic E-state index is 11.4. The smallest absolute Gasteiger partial charge is 0.328 e. The van der Waals surface area contributed by atoms with Crippen molar-refractivity contribution in [3.8, 4) is 0 Å². The average Bonchev–Trinajstić information content (AvgIpc) is 2.50. The lowest BCUT2D eigenvalue weighted by Crippen LogP contribution is -2.38. The van der Waals surface area contributed by atoms with Crippen molar-refractivity contribution in [1.29, 1.82) is 0 Å². The van der Waals surface area contributed by atoms with Crippen LogP contribution in [0.4, 0.5) is 4.79 Å². The van der Waals surface area contributed by atoms with Crippen LogP contribution in [0.1, 0.15) is 6.92 Å². The predicted molar refractivity (Wildman–Crippen MR) is 57.7 cm³/mol. The van der Waals surface area contributed by atoms with Gasteiger partial charge in [0.1, 0.15) is 6.54 Å². The lowest BCUT2D eigenvalue weighted by atomic mass is 10.5. The first-order chi connectivity index (χ1) is 6.93. The molecule has 1 rings (SSSR count). The number of carbonyl (C=O) groups is 2. The Morgan fingerprint density at radius 2 is 2.40 bits per heavy atom. The fraction of sp³-hybridized carbons (Fsp3) is 0.625. The van der Waals surface area contributed by atoms with E-state index < -0.39 is 17.1 Å². The van der Waals surface area contributed by atoms with Crippen LogP contribution in [0.25, 0.3) is 0 Å². The van der Waals surface area contributed by atoms with E-state index in [1.165, 1.54) is 18.8 Å². The molecule has 84 valence electrons. The zero-order valence-electron chi connectivity index (χ0n) is 8.60. The highest BCUT2D eigenvalue weighted by Crippen LogP contribution is 2.31. The van der Waals surface area contributed by atoms with Gasteiger partial charge in [-0.15, -0.1) is 0 Å². The van der Waals surface area contributed by atoms with E-state index in [-0.39, 0.29) is 6.54 Å². The number of likely N-dealkylation sites (N-methyl/N-ethyl adjacent to an activating group) is 1. The third kappa shape index (κ3) is 3.43. The average molecular weight is 231 g/mol. The largest absolute Gasteiger partial charge is 0.426 e. The van der Waals surface area contributed by atoms with Crippen LogP contribution in [0.3, 0.4) is 0 Å². The minimum Gasteiger partial charge on any atom is -0.426 e. The van der Waals surface area contributed by atoms with Crippen molar-refractivity contribution in [2.24, 2.45) is 10.7 Å². The Labute approximate surface area is 91.8 Å². The van der Waals surface area contributed by atoms with Crippen LogP contribution < -0.4 is 5.73 Å². The summed E-state index contributed by atoms with van der Waals surface area (Å²) in [6.45, 7) is 1.53. The number of primary amides is 1. The van der Waals surface area contributed by atoms with Gasteiger partial charge in [0.25, 0.3) is 0 Å². The van der Waals surface area contributed by atoms with Gasteiger partial charge in [-0.05, 0) is 0 Å². The molecule has 0 saturated heterocycles. The van der Waals surface area contributed by atoms with E-state index >= 15 is 0 Å². The minimum atomic E-state index is -0.852. The highest BCUT2D eigenvalue weighted by atomic mass is 32.2. The molecule has 2 N–H and O–H groups in total. The Morgan fingerprint density at radius 1 is 1.73 bits per heavy atom. The Morgan fingerprint density at radius 3 is 2.87 bits per heavy atom. The molecule has 0 saturated carbocycles. The lowest BCUT2D eigenvalue weighted by Gasteiger charge is -2.21. The molecule has 0 bridgehead atoms. The quantitative estimate of drug-likeness (QED) is 0.694. The number of hydrogen-bond acceptors (Lipinski definition) is 5. The molecule has 2 amide bonds. The van der Waals surface area contributed by atoms with Gasteiger partial charge in [0.05, 0.1) is 0 Å². The van der Waals surface area contributed by atoms with Crippen LogP contribution in [-0.2, 0) is 9.53 Å². The van der Waals surface area contributed by atoms with Crippen molar-refractivity contribution in [3.05, 3.63) is 0 Å². The summed E-state index contributed by atoms with van der Waals surface area (Å²) in [6, 6.07) is -0.667. The summed E-state index contributed by atoms with van der Waals surface area (Å²) in [5, 5.41) is -0.852. The van der Waals surface area contributed by atoms with E-state index in [9.17, 15) is 9.59 Å². The van der Waals surface area contributed by atoms with Crippen LogP contribution in [0, 0.1) is 0 Å². The number of hydrogen-bond donors (Lipinski definition) is 1. The second-order valence-corrected chi connectivity index (χ2v) is 4.57. The van der Waals surface area contributed by atoms with Crippen LogP contribution in [-0.4, -0.2) is 47.5 Å². The molecule has 0 aromatic carbocycles. The second kappa shape index (κ2) is 4.52. The van der Waals surface area contributed by atoms with Crippen LogP contribution in [0.2, 0.25) is 0 Å². The molecule has 0 fully saturated rings. The molecule has 0 aromatic heterocycles. The monoisotopic (exact) mass is 231 g/mol. The maximum Gasteiger partial charge on any atom is 0.328 e. The third-order valence-corrected chi connectivity index (χ3v) is 2.84. The zero-order chi connectivity index (χ0) is 11.5. The van der Waals surface area contributed by atoms with E-state index in [0.717, 1.165) is 10.7 Å². The molecule has 7 heteroatoms. The minimum absolute atomic E-state index is 0.166. The fourth-order valence-electron chi connectivity index (χ4n) is 1.00. The summed E-state index contributed by atoms with van der Waals surface area (Å²) in [6.07, 6.45) is 1.69. The molecular weight excluding hydrogens is 218 g/mol. The molecule has 0 aliphatic carbocycles. The van der Waals surface area contributed by atoms with Gasteiger partial charge in [-0.2, -0.15) is 0 Å². The van der Waals surface area contributed by atoms with Crippen molar-refractivity contribution >= 4 is 30.0 Å². The summed E-state index contributed by atoms with van der Waals surface area (Å²) in [4.78, 5) is 27.1. The van der Waals surface area contributed by atoms with Crippen molar-refractivity contribution in [1.82, 2.24) is 4.90 Å². The van der Waals surface area contributed by atoms with Gasteiger partial charge >= 0.3 is 12.0 Å². The van der Waals surface area contributed by atoms with Gasteiger partial charge in [0.15, 0.2) is 0 Å². The molecule has 1 unspecified atom stereocenters. The van der Waals surface area contributed by atoms with Crippen LogP contribution in [0.15, 0.2) is 4.99 Å². The highest BCUT2D eigenvalue weighted by Gasteiger charge is 2.31. The topological polar surface area (TPSA) is 85.0 Å². The van der Waals surface area contributed by atoms with Crippen molar-refractivity contribution in [3.63, 3.8) is 0 Å². The number of urea groups is 1. The molecule has 6 nitrogen and oxygen atoms in total. The SMILES string of the molecule is CN(CC(=O)OC1(C)N=CCS1)C(N)=O. The summed E-state index contributed by atoms with van der Waals surface area (Å²) in [5.41, 5.74) is 4.97. The van der Waals surface area contributed by atoms with Crippen molar-refractivity contribution < 1.29 is 14.3 Å². The first-order valence-corrected chi connectivity index (χ1v) is 5.31. The molecule has 1 heterocycles. The Balaban J connectivity index is 2.42. The standard InChI is InChI=1S/C8H13N3O3S/c1-8(10-3-4-15-8)14-6(12)5-11(2)7(9)13/h3H,4-5H2,1-2H3,(H2,9,13). The Bertz CT molecular complexity index is 308. The molecule has 0 aromatic rings. The van der Waals surface area contributed by atoms with Gasteiger partial charge in [-0.1, -0.05) is 11.8 Å². The number of nitrogens with zero attached hydrogens (tertiary/aromatic N) is 2. The van der Waals surface area contributed by atoms with Crippen LogP contribution >= 0.6 is 11.8 Å². The number of nitrogens with two attached hydrogens (primary N) is 1. The fourth-order valence-corrected chi connectivity index (χ4v) is 1.76. The Hall–Kier alpha value is -1.24. The number of aliphatic imine (C=N–C) groups is 1. The molecule has 0 spiro atoms. The van der Waals surface area contributed by atoms with Gasteiger partial charge in [0, 0.05) is 25.9 Å². The maximum absolute atomic E-state index is 11.4. The zero-order valence-corrected chi connectivity index (χ0v) is 9.41. The summed E-state index contributed by atoms with van der Waals surface area (Å²) in [5.74, 6) is 0.195. The van der Waals surface area contributed by atoms with Gasteiger partial charge < -0.3 is 15.4 Å². The molecule has 1 aliphatic heterocycles. The van der Waals surface area contributed by atoms with E-state index in [1.807, 2.05) is 0 Å². The van der Waals surface area contributed by atoms with E-state index in [4.69, 9.17) is 10.5 Å². The molecular formula is C8H13N3O3S. The third-order valence-electron chi connectivity index (χ3n) is 1.80. The van der Waals surface area contributed by atoms with Gasteiger partial charge in [-0.3, -0.25) is 4.79 Å². The number of amides is 2. The normalized spacial score (nSPS) is 23.9. The van der Waals surface area contributed by atoms with Gasteiger partial charge in [0.2, 0.25) is 5.06 Å². The predicted octanol–water partition coefficient (Wildman–Crippen LogP) is 0.0314. The van der Waals surface area contributed by atoms with E-state index in [0.29, 0.717) is 0 Å². The lowest BCUT2D eigenvalue weighted by molar-refractivity contribution is -0.150. The summed E-state index contributed by atoms with van der Waals surface area (Å²) >= 11 is 1.41. The van der Waals surface area contributed by atoms with E-state index in [2.05, 4.69) is 4.99 Å². The number of rotatable bonds is 3.